The van der Waals surface area contributed by atoms with Gasteiger partial charge in [0.15, 0.2) is 0 Å². The van der Waals surface area contributed by atoms with Crippen LogP contribution in [0, 0.1) is 0 Å². The van der Waals surface area contributed by atoms with Gasteiger partial charge in [-0.3, -0.25) is 0 Å². The predicted octanol–water partition coefficient (Wildman–Crippen LogP) is 0.391. The van der Waals surface area contributed by atoms with Crippen LogP contribution in [0.5, 0.6) is 0 Å². The van der Waals surface area contributed by atoms with Crippen LogP contribution in [0.25, 0.3) is 0 Å². The second-order valence-corrected chi connectivity index (χ2v) is 3.18. The van der Waals surface area contributed by atoms with Crippen molar-refractivity contribution in [2.75, 3.05) is 0 Å². The molecule has 0 radical (unpaired) electrons. The fourth-order valence-electron chi connectivity index (χ4n) is 1.71. The van der Waals surface area contributed by atoms with Crippen molar-refractivity contribution in [1.82, 2.24) is 5.32 Å². The summed E-state index contributed by atoms with van der Waals surface area (Å²) < 4.78 is 0. The smallest absolute Gasteiger partial charge is 0.150 e. The molecule has 2 rings (SSSR count). The third kappa shape index (κ3) is 1.36. The van der Waals surface area contributed by atoms with Gasteiger partial charge >= 0.3 is 0 Å². The molecule has 1 aromatic rings. The van der Waals surface area contributed by atoms with Gasteiger partial charge in [-0.1, -0.05) is 24.3 Å². The van der Waals surface area contributed by atoms with Crippen molar-refractivity contribution in [1.29, 1.82) is 0 Å². The molecule has 0 spiro atoms. The second-order valence-electron chi connectivity index (χ2n) is 3.18. The summed E-state index contributed by atoms with van der Waals surface area (Å²) in [6.45, 7) is 0.728. The molecule has 0 saturated carbocycles. The average molecular weight is 177 g/mol. The van der Waals surface area contributed by atoms with E-state index in [0.717, 1.165) is 17.7 Å². The zero-order valence-electron chi connectivity index (χ0n) is 7.10. The number of benzene rings is 1. The fraction of sp³-hybridized carbons (Fsp3) is 0.300. The Morgan fingerprint density at radius 1 is 1.54 bits per heavy atom. The normalized spacial score (nSPS) is 22.4. The molecule has 13 heavy (non-hydrogen) atoms. The Labute approximate surface area is 76.4 Å². The Morgan fingerprint density at radius 3 is 3.08 bits per heavy atom. The highest BCUT2D eigenvalue weighted by Gasteiger charge is 2.26. The van der Waals surface area contributed by atoms with Crippen molar-refractivity contribution in [3.8, 4) is 0 Å². The summed E-state index contributed by atoms with van der Waals surface area (Å²) in [6.07, 6.45) is -0.372. The molecule has 2 N–H and O–H groups in total. The number of carbonyl (C=O) groups is 1. The zero-order chi connectivity index (χ0) is 9.26. The first kappa shape index (κ1) is 8.41. The van der Waals surface area contributed by atoms with Gasteiger partial charge in [0.1, 0.15) is 12.4 Å². The lowest BCUT2D eigenvalue weighted by Gasteiger charge is -2.13. The molecule has 1 heterocycles. The van der Waals surface area contributed by atoms with Crippen molar-refractivity contribution >= 4 is 6.29 Å². The molecule has 1 aromatic carbocycles. The van der Waals surface area contributed by atoms with E-state index in [9.17, 15) is 9.90 Å². The lowest BCUT2D eigenvalue weighted by Crippen LogP contribution is -2.27. The van der Waals surface area contributed by atoms with E-state index in [4.69, 9.17) is 0 Å². The molecule has 1 aliphatic rings. The van der Waals surface area contributed by atoms with E-state index in [1.165, 1.54) is 0 Å². The van der Waals surface area contributed by atoms with Gasteiger partial charge in [-0.2, -0.15) is 0 Å². The minimum atomic E-state index is -0.941. The maximum absolute atomic E-state index is 10.4. The Morgan fingerprint density at radius 2 is 2.31 bits per heavy atom. The summed E-state index contributed by atoms with van der Waals surface area (Å²) in [5, 5.41) is 12.5. The van der Waals surface area contributed by atoms with Gasteiger partial charge in [-0.15, -0.1) is 0 Å². The summed E-state index contributed by atoms with van der Waals surface area (Å²) in [6, 6.07) is 7.58. The van der Waals surface area contributed by atoms with E-state index >= 15 is 0 Å². The van der Waals surface area contributed by atoms with E-state index < -0.39 is 6.10 Å². The van der Waals surface area contributed by atoms with Crippen LogP contribution in [0.3, 0.4) is 0 Å². The van der Waals surface area contributed by atoms with Crippen LogP contribution in [0.1, 0.15) is 17.2 Å². The first-order valence-corrected chi connectivity index (χ1v) is 4.27. The lowest BCUT2D eigenvalue weighted by atomic mass is 10.0. The lowest BCUT2D eigenvalue weighted by molar-refractivity contribution is -0.116. The number of nitrogens with one attached hydrogen (secondary N) is 1. The van der Waals surface area contributed by atoms with Crippen molar-refractivity contribution < 1.29 is 9.90 Å². The summed E-state index contributed by atoms with van der Waals surface area (Å²) in [4.78, 5) is 10.4. The molecule has 68 valence electrons. The quantitative estimate of drug-likeness (QED) is 0.642. The molecule has 3 nitrogen and oxygen atoms in total. The predicted molar refractivity (Wildman–Crippen MR) is 48.1 cm³/mol. The Balaban J connectivity index is 2.33. The minimum Gasteiger partial charge on any atom is -0.384 e. The monoisotopic (exact) mass is 177 g/mol. The molecule has 0 bridgehead atoms. The largest absolute Gasteiger partial charge is 0.384 e. The van der Waals surface area contributed by atoms with Crippen LogP contribution >= 0.6 is 0 Å². The van der Waals surface area contributed by atoms with E-state index in [1.54, 1.807) is 0 Å². The Kier molecular flexibility index (Phi) is 2.12. The average Bonchev–Trinajstić information content (AvgIpc) is 2.60. The molecule has 2 unspecified atom stereocenters. The third-order valence-electron chi connectivity index (χ3n) is 2.38. The molecule has 0 fully saturated rings. The number of aliphatic hydroxyl groups excluding tert-OH is 1. The Hall–Kier alpha value is -1.19. The van der Waals surface area contributed by atoms with Crippen molar-refractivity contribution in [3.05, 3.63) is 35.4 Å². The number of hydrogen-bond donors (Lipinski definition) is 2. The van der Waals surface area contributed by atoms with E-state index in [1.807, 2.05) is 24.3 Å². The summed E-state index contributed by atoms with van der Waals surface area (Å²) in [5.74, 6) is 0. The van der Waals surface area contributed by atoms with E-state index in [2.05, 4.69) is 5.32 Å². The summed E-state index contributed by atoms with van der Waals surface area (Å²) in [5.41, 5.74) is 2.19. The molecule has 0 aromatic heterocycles. The van der Waals surface area contributed by atoms with Gasteiger partial charge < -0.3 is 15.2 Å². The SMILES string of the molecule is O=CC(O)C1NCc2ccccc21. The first-order valence-electron chi connectivity index (χ1n) is 4.27. The molecule has 0 saturated heterocycles. The minimum absolute atomic E-state index is 0.228. The standard InChI is InChI=1S/C10H11NO2/c12-6-9(13)10-8-4-2-1-3-7(8)5-11-10/h1-4,6,9-11,13H,5H2. The molecule has 1 aliphatic heterocycles. The zero-order valence-corrected chi connectivity index (χ0v) is 7.10. The van der Waals surface area contributed by atoms with Crippen molar-refractivity contribution in [3.63, 3.8) is 0 Å². The number of hydrogen-bond acceptors (Lipinski definition) is 3. The number of carbonyl (C=O) groups excluding carboxylic acids is 1. The van der Waals surface area contributed by atoms with Gasteiger partial charge in [0, 0.05) is 6.54 Å². The fourth-order valence-corrected chi connectivity index (χ4v) is 1.71. The summed E-state index contributed by atoms with van der Waals surface area (Å²) >= 11 is 0. The second kappa shape index (κ2) is 3.28. The van der Waals surface area contributed by atoms with Crippen LogP contribution in [0.4, 0.5) is 0 Å². The molecular weight excluding hydrogens is 166 g/mol. The van der Waals surface area contributed by atoms with E-state index in [0.29, 0.717) is 6.29 Å². The molecule has 0 aliphatic carbocycles. The summed E-state index contributed by atoms with van der Waals surface area (Å²) in [7, 11) is 0. The maximum atomic E-state index is 10.4. The highest BCUT2D eigenvalue weighted by atomic mass is 16.3. The van der Waals surface area contributed by atoms with Gasteiger partial charge in [0.05, 0.1) is 6.04 Å². The molecule has 3 heteroatoms. The molecule has 0 amide bonds. The van der Waals surface area contributed by atoms with Crippen LogP contribution in [0.2, 0.25) is 0 Å². The molecule has 2 atom stereocenters. The van der Waals surface area contributed by atoms with Gasteiger partial charge in [-0.25, -0.2) is 0 Å². The number of rotatable bonds is 2. The van der Waals surface area contributed by atoms with Gasteiger partial charge in [-0.05, 0) is 11.1 Å². The van der Waals surface area contributed by atoms with E-state index in [-0.39, 0.29) is 6.04 Å². The first-order chi connectivity index (χ1) is 6.33. The number of aldehydes is 1. The van der Waals surface area contributed by atoms with Crippen LogP contribution < -0.4 is 5.32 Å². The highest BCUT2D eigenvalue weighted by molar-refractivity contribution is 5.59. The highest BCUT2D eigenvalue weighted by Crippen LogP contribution is 2.26. The number of aliphatic hydroxyl groups is 1. The van der Waals surface area contributed by atoms with Crippen LogP contribution in [-0.2, 0) is 11.3 Å². The van der Waals surface area contributed by atoms with Crippen molar-refractivity contribution in [2.45, 2.75) is 18.7 Å². The number of fused-ring (bicyclic) bond motifs is 1. The topological polar surface area (TPSA) is 49.3 Å². The molecular formula is C10H11NO2. The van der Waals surface area contributed by atoms with Gasteiger partial charge in [0.25, 0.3) is 0 Å². The maximum Gasteiger partial charge on any atom is 0.150 e. The van der Waals surface area contributed by atoms with Gasteiger partial charge in [0.2, 0.25) is 0 Å². The van der Waals surface area contributed by atoms with Crippen LogP contribution in [0.15, 0.2) is 24.3 Å². The third-order valence-corrected chi connectivity index (χ3v) is 2.38. The van der Waals surface area contributed by atoms with Crippen LogP contribution in [-0.4, -0.2) is 17.5 Å². The Bertz CT molecular complexity index is 324. The van der Waals surface area contributed by atoms with Crippen molar-refractivity contribution in [2.24, 2.45) is 0 Å².